The summed E-state index contributed by atoms with van der Waals surface area (Å²) in [6, 6.07) is -4.15. The summed E-state index contributed by atoms with van der Waals surface area (Å²) in [5, 5.41) is 24.1. The van der Waals surface area contributed by atoms with E-state index in [9.17, 15) is 28.8 Å². The first-order valence-electron chi connectivity index (χ1n) is 7.81. The lowest BCUT2D eigenvalue weighted by atomic mass is 10.1. The highest BCUT2D eigenvalue weighted by Crippen LogP contribution is 2.01. The third kappa shape index (κ3) is 9.74. The van der Waals surface area contributed by atoms with Crippen LogP contribution < -0.4 is 27.4 Å². The molecule has 0 saturated heterocycles. The first-order chi connectivity index (χ1) is 12.5. The van der Waals surface area contributed by atoms with Crippen LogP contribution in [0.4, 0.5) is 0 Å². The molecule has 4 amide bonds. The van der Waals surface area contributed by atoms with Gasteiger partial charge in [-0.3, -0.25) is 24.0 Å². The van der Waals surface area contributed by atoms with Gasteiger partial charge in [0.2, 0.25) is 23.6 Å². The number of nitrogens with two attached hydrogens (primary N) is 2. The summed E-state index contributed by atoms with van der Waals surface area (Å²) in [5.74, 6) is -6.22. The summed E-state index contributed by atoms with van der Waals surface area (Å²) in [6.45, 7) is 0.932. The Morgan fingerprint density at radius 2 is 1.48 bits per heavy atom. The number of aliphatic carboxylic acids is 2. The number of amides is 4. The number of hydrogen-bond donors (Lipinski definition) is 7. The first-order valence-corrected chi connectivity index (χ1v) is 7.81. The molecule has 13 heteroatoms. The summed E-state index contributed by atoms with van der Waals surface area (Å²) in [4.78, 5) is 68.3. The monoisotopic (exact) mass is 389 g/mol. The molecule has 0 fully saturated rings. The van der Waals surface area contributed by atoms with Crippen molar-refractivity contribution in [3.05, 3.63) is 0 Å². The molecule has 9 N–H and O–H groups in total. The van der Waals surface area contributed by atoms with Gasteiger partial charge >= 0.3 is 11.9 Å². The van der Waals surface area contributed by atoms with Crippen LogP contribution in [0.5, 0.6) is 0 Å². The maximum absolute atomic E-state index is 12.2. The second-order valence-electron chi connectivity index (χ2n) is 5.56. The van der Waals surface area contributed by atoms with Crippen molar-refractivity contribution in [3.8, 4) is 0 Å². The average Bonchev–Trinajstić information content (AvgIpc) is 2.56. The third-order valence-electron chi connectivity index (χ3n) is 3.26. The summed E-state index contributed by atoms with van der Waals surface area (Å²) >= 11 is 0. The highest BCUT2D eigenvalue weighted by molar-refractivity contribution is 5.95. The number of carboxylic acids is 2. The van der Waals surface area contributed by atoms with E-state index in [1.165, 1.54) is 6.92 Å². The maximum Gasteiger partial charge on any atom is 0.326 e. The lowest BCUT2D eigenvalue weighted by Gasteiger charge is -2.22. The van der Waals surface area contributed by atoms with Crippen molar-refractivity contribution in [2.75, 3.05) is 6.54 Å². The van der Waals surface area contributed by atoms with E-state index in [2.05, 4.69) is 10.6 Å². The van der Waals surface area contributed by atoms with E-state index in [-0.39, 0.29) is 6.54 Å². The van der Waals surface area contributed by atoms with E-state index in [1.807, 2.05) is 5.32 Å². The number of primary amides is 1. The highest BCUT2D eigenvalue weighted by Gasteiger charge is 2.29. The molecule has 0 heterocycles. The second-order valence-corrected chi connectivity index (χ2v) is 5.56. The molecular weight excluding hydrogens is 366 g/mol. The minimum atomic E-state index is -1.55. The Balaban J connectivity index is 5.09. The van der Waals surface area contributed by atoms with Gasteiger partial charge in [-0.1, -0.05) is 0 Å². The van der Waals surface area contributed by atoms with Crippen LogP contribution in [-0.4, -0.2) is 70.5 Å². The maximum atomic E-state index is 12.2. The predicted molar refractivity (Wildman–Crippen MR) is 88.8 cm³/mol. The smallest absolute Gasteiger partial charge is 0.326 e. The van der Waals surface area contributed by atoms with Crippen molar-refractivity contribution in [3.63, 3.8) is 0 Å². The average molecular weight is 389 g/mol. The van der Waals surface area contributed by atoms with E-state index in [0.717, 1.165) is 0 Å². The van der Waals surface area contributed by atoms with Crippen LogP contribution >= 0.6 is 0 Å². The van der Waals surface area contributed by atoms with Gasteiger partial charge in [-0.05, 0) is 13.3 Å². The fraction of sp³-hybridized carbons (Fsp3) is 0.571. The van der Waals surface area contributed by atoms with Gasteiger partial charge in [-0.2, -0.15) is 0 Å². The zero-order valence-corrected chi connectivity index (χ0v) is 14.6. The molecule has 152 valence electrons. The molecule has 27 heavy (non-hydrogen) atoms. The molecule has 0 bridgehead atoms. The molecule has 3 unspecified atom stereocenters. The summed E-state index contributed by atoms with van der Waals surface area (Å²) in [6.07, 6.45) is -1.57. The molecule has 0 aliphatic heterocycles. The van der Waals surface area contributed by atoms with Crippen LogP contribution in [0.25, 0.3) is 0 Å². The Kier molecular flexibility index (Phi) is 10.0. The minimum absolute atomic E-state index is 0.368. The molecular formula is C14H23N5O8. The highest BCUT2D eigenvalue weighted by atomic mass is 16.4. The Labute approximate surface area is 153 Å². The molecule has 0 spiro atoms. The first kappa shape index (κ1) is 23.8. The van der Waals surface area contributed by atoms with Crippen molar-refractivity contribution >= 4 is 35.6 Å². The van der Waals surface area contributed by atoms with Crippen LogP contribution in [0.15, 0.2) is 0 Å². The van der Waals surface area contributed by atoms with Crippen LogP contribution in [-0.2, 0) is 28.8 Å². The van der Waals surface area contributed by atoms with Gasteiger partial charge in [-0.25, -0.2) is 4.79 Å². The van der Waals surface area contributed by atoms with Gasteiger partial charge < -0.3 is 37.6 Å². The summed E-state index contributed by atoms with van der Waals surface area (Å²) in [5.41, 5.74) is 10.1. The zero-order valence-electron chi connectivity index (χ0n) is 14.6. The van der Waals surface area contributed by atoms with Gasteiger partial charge in [0.25, 0.3) is 0 Å². The summed E-state index contributed by atoms with van der Waals surface area (Å²) in [7, 11) is 0. The predicted octanol–water partition coefficient (Wildman–Crippen LogP) is -3.76. The number of carbonyl (C=O) groups is 6. The molecule has 3 atom stereocenters. The standard InChI is InChI=1S/C14H23N5O8/c1-6(17-10(21)5-15)12(24)19-8(4-9(16)20)13(25)18-7(14(26)27)2-3-11(22)23/h6-8H,2-5,15H2,1H3,(H2,16,20)(H,17,21)(H,18,25)(H,19,24)(H,22,23)(H,26,27). The fourth-order valence-corrected chi connectivity index (χ4v) is 1.87. The topological polar surface area (TPSA) is 231 Å². The van der Waals surface area contributed by atoms with Crippen molar-refractivity contribution in [2.45, 2.75) is 44.3 Å². The Bertz CT molecular complexity index is 608. The molecule has 0 aliphatic carbocycles. The number of rotatable bonds is 12. The van der Waals surface area contributed by atoms with Crippen molar-refractivity contribution in [1.29, 1.82) is 0 Å². The SMILES string of the molecule is CC(NC(=O)CN)C(=O)NC(CC(N)=O)C(=O)NC(CCC(=O)O)C(=O)O. The molecule has 0 aromatic heterocycles. The van der Waals surface area contributed by atoms with E-state index >= 15 is 0 Å². The van der Waals surface area contributed by atoms with E-state index in [1.54, 1.807) is 0 Å². The van der Waals surface area contributed by atoms with Crippen LogP contribution in [0.2, 0.25) is 0 Å². The van der Waals surface area contributed by atoms with Crippen molar-refractivity contribution in [1.82, 2.24) is 16.0 Å². The second kappa shape index (κ2) is 11.4. The van der Waals surface area contributed by atoms with Gasteiger partial charge in [0.1, 0.15) is 18.1 Å². The van der Waals surface area contributed by atoms with E-state index < -0.39 is 73.0 Å². The number of hydrogen-bond acceptors (Lipinski definition) is 7. The molecule has 0 aromatic rings. The molecule has 0 rings (SSSR count). The van der Waals surface area contributed by atoms with Gasteiger partial charge in [0.15, 0.2) is 0 Å². The fourth-order valence-electron chi connectivity index (χ4n) is 1.87. The largest absolute Gasteiger partial charge is 0.481 e. The summed E-state index contributed by atoms with van der Waals surface area (Å²) < 4.78 is 0. The van der Waals surface area contributed by atoms with E-state index in [0.29, 0.717) is 0 Å². The van der Waals surface area contributed by atoms with Gasteiger partial charge in [-0.15, -0.1) is 0 Å². The van der Waals surface area contributed by atoms with Crippen LogP contribution in [0, 0.1) is 0 Å². The Morgan fingerprint density at radius 1 is 0.926 bits per heavy atom. The molecule has 0 saturated carbocycles. The van der Waals surface area contributed by atoms with Gasteiger partial charge in [0.05, 0.1) is 13.0 Å². The normalized spacial score (nSPS) is 13.6. The third-order valence-corrected chi connectivity index (χ3v) is 3.26. The molecule has 0 radical (unpaired) electrons. The van der Waals surface area contributed by atoms with Gasteiger partial charge in [0, 0.05) is 6.42 Å². The van der Waals surface area contributed by atoms with E-state index in [4.69, 9.17) is 21.7 Å². The lowest BCUT2D eigenvalue weighted by molar-refractivity contribution is -0.143. The quantitative estimate of drug-likeness (QED) is 0.173. The zero-order chi connectivity index (χ0) is 21.1. The molecule has 0 aromatic carbocycles. The Hall–Kier alpha value is -3.22. The minimum Gasteiger partial charge on any atom is -0.481 e. The molecule has 13 nitrogen and oxygen atoms in total. The van der Waals surface area contributed by atoms with Crippen molar-refractivity contribution in [2.24, 2.45) is 11.5 Å². The van der Waals surface area contributed by atoms with Crippen LogP contribution in [0.1, 0.15) is 26.2 Å². The number of carbonyl (C=O) groups excluding carboxylic acids is 4. The number of carboxylic acid groups (broad SMARTS) is 2. The van der Waals surface area contributed by atoms with Crippen LogP contribution in [0.3, 0.4) is 0 Å². The molecule has 0 aliphatic rings. The Morgan fingerprint density at radius 3 is 1.93 bits per heavy atom. The van der Waals surface area contributed by atoms with Crippen molar-refractivity contribution < 1.29 is 39.0 Å². The lowest BCUT2D eigenvalue weighted by Crippen LogP contribution is -2.56. The number of nitrogens with one attached hydrogen (secondary N) is 3.